The number of amides is 1. The standard InChI is InChI=1S/C20H19FN4O4S2/c1-2-24-19(27)17-12-5-3-4-6-15(12)31-18(17)23-20(24)30-10-16(26)22-11-7-8-13(21)14(9-11)25(28)29/h7-9H,2-6,10H2,1H3,(H,22,26). The Morgan fingerprint density at radius 2 is 2.16 bits per heavy atom. The van der Waals surface area contributed by atoms with Crippen LogP contribution in [0.2, 0.25) is 0 Å². The third-order valence-electron chi connectivity index (χ3n) is 5.12. The van der Waals surface area contributed by atoms with Crippen LogP contribution in [-0.2, 0) is 24.2 Å². The maximum absolute atomic E-state index is 13.5. The smallest absolute Gasteiger partial charge is 0.306 e. The maximum Gasteiger partial charge on any atom is 0.306 e. The highest BCUT2D eigenvalue weighted by atomic mass is 32.2. The number of thioether (sulfide) groups is 1. The van der Waals surface area contributed by atoms with Gasteiger partial charge in [-0.3, -0.25) is 24.3 Å². The lowest BCUT2D eigenvalue weighted by molar-refractivity contribution is -0.387. The van der Waals surface area contributed by atoms with E-state index in [1.54, 1.807) is 15.9 Å². The van der Waals surface area contributed by atoms with Gasteiger partial charge in [-0.2, -0.15) is 4.39 Å². The number of nitro groups is 1. The first-order chi connectivity index (χ1) is 14.9. The van der Waals surface area contributed by atoms with Gasteiger partial charge in [0.1, 0.15) is 4.83 Å². The molecule has 0 spiro atoms. The number of nitrogens with zero attached hydrogens (tertiary/aromatic N) is 3. The van der Waals surface area contributed by atoms with E-state index in [4.69, 9.17) is 0 Å². The third-order valence-corrected chi connectivity index (χ3v) is 7.28. The molecule has 0 atom stereocenters. The number of nitro benzene ring substituents is 1. The molecule has 1 aromatic carbocycles. The molecule has 0 unspecified atom stereocenters. The zero-order valence-electron chi connectivity index (χ0n) is 16.6. The normalized spacial score (nSPS) is 13.2. The fourth-order valence-electron chi connectivity index (χ4n) is 3.67. The molecule has 1 N–H and O–H groups in total. The topological polar surface area (TPSA) is 107 Å². The summed E-state index contributed by atoms with van der Waals surface area (Å²) in [7, 11) is 0. The summed E-state index contributed by atoms with van der Waals surface area (Å²) in [5, 5.41) is 14.5. The quantitative estimate of drug-likeness (QED) is 0.255. The second-order valence-electron chi connectivity index (χ2n) is 7.09. The van der Waals surface area contributed by atoms with Crippen LogP contribution in [0.15, 0.2) is 28.2 Å². The first kappa shape index (κ1) is 21.4. The fourth-order valence-corrected chi connectivity index (χ4v) is 5.83. The Kier molecular flexibility index (Phi) is 6.05. The monoisotopic (exact) mass is 462 g/mol. The maximum atomic E-state index is 13.5. The van der Waals surface area contributed by atoms with Crippen molar-refractivity contribution >= 4 is 50.6 Å². The van der Waals surface area contributed by atoms with E-state index in [9.17, 15) is 24.1 Å². The van der Waals surface area contributed by atoms with Gasteiger partial charge in [-0.1, -0.05) is 11.8 Å². The fraction of sp³-hybridized carbons (Fsp3) is 0.350. The van der Waals surface area contributed by atoms with Crippen LogP contribution in [0.5, 0.6) is 0 Å². The average molecular weight is 463 g/mol. The van der Waals surface area contributed by atoms with Gasteiger partial charge in [0.05, 0.1) is 16.1 Å². The molecule has 31 heavy (non-hydrogen) atoms. The Labute approximate surface area is 184 Å². The van der Waals surface area contributed by atoms with Crippen molar-refractivity contribution in [3.05, 3.63) is 54.9 Å². The Balaban J connectivity index is 1.55. The van der Waals surface area contributed by atoms with Crippen molar-refractivity contribution < 1.29 is 14.1 Å². The number of carbonyl (C=O) groups is 1. The Morgan fingerprint density at radius 1 is 1.39 bits per heavy atom. The molecule has 162 valence electrons. The van der Waals surface area contributed by atoms with Gasteiger partial charge in [0.15, 0.2) is 5.16 Å². The number of hydrogen-bond acceptors (Lipinski definition) is 7. The molecule has 1 aliphatic carbocycles. The molecule has 1 amide bonds. The summed E-state index contributed by atoms with van der Waals surface area (Å²) < 4.78 is 15.0. The molecule has 0 saturated heterocycles. The summed E-state index contributed by atoms with van der Waals surface area (Å²) in [5.41, 5.74) is 0.460. The zero-order chi connectivity index (χ0) is 22.1. The lowest BCUT2D eigenvalue weighted by Crippen LogP contribution is -2.24. The van der Waals surface area contributed by atoms with Gasteiger partial charge in [-0.15, -0.1) is 11.3 Å². The summed E-state index contributed by atoms with van der Waals surface area (Å²) in [5.74, 6) is -1.46. The van der Waals surface area contributed by atoms with Crippen molar-refractivity contribution in [3.8, 4) is 0 Å². The van der Waals surface area contributed by atoms with Crippen molar-refractivity contribution in [2.75, 3.05) is 11.1 Å². The highest BCUT2D eigenvalue weighted by Gasteiger charge is 2.22. The van der Waals surface area contributed by atoms with Gasteiger partial charge in [-0.05, 0) is 50.3 Å². The number of aromatic nitrogens is 2. The minimum absolute atomic E-state index is 0.0474. The molecule has 0 saturated carbocycles. The minimum Gasteiger partial charge on any atom is -0.325 e. The molecule has 8 nitrogen and oxygen atoms in total. The van der Waals surface area contributed by atoms with Crippen LogP contribution in [0.1, 0.15) is 30.2 Å². The number of anilines is 1. The molecule has 1 aliphatic rings. The van der Waals surface area contributed by atoms with E-state index in [1.165, 1.54) is 10.9 Å². The summed E-state index contributed by atoms with van der Waals surface area (Å²) in [6.07, 6.45) is 4.05. The highest BCUT2D eigenvalue weighted by molar-refractivity contribution is 7.99. The van der Waals surface area contributed by atoms with E-state index in [2.05, 4.69) is 10.3 Å². The Morgan fingerprint density at radius 3 is 2.90 bits per heavy atom. The van der Waals surface area contributed by atoms with Gasteiger partial charge in [0.25, 0.3) is 5.56 Å². The van der Waals surface area contributed by atoms with E-state index in [-0.39, 0.29) is 17.0 Å². The van der Waals surface area contributed by atoms with Crippen LogP contribution in [-0.4, -0.2) is 26.1 Å². The molecule has 2 heterocycles. The van der Waals surface area contributed by atoms with Gasteiger partial charge in [0, 0.05) is 23.2 Å². The van der Waals surface area contributed by atoms with E-state index < -0.39 is 22.3 Å². The van der Waals surface area contributed by atoms with Crippen LogP contribution in [0.25, 0.3) is 10.2 Å². The van der Waals surface area contributed by atoms with Crippen LogP contribution in [0.4, 0.5) is 15.8 Å². The van der Waals surface area contributed by atoms with E-state index in [1.807, 2.05) is 6.92 Å². The highest BCUT2D eigenvalue weighted by Crippen LogP contribution is 2.34. The minimum atomic E-state index is -0.972. The largest absolute Gasteiger partial charge is 0.325 e. The van der Waals surface area contributed by atoms with Crippen LogP contribution in [0.3, 0.4) is 0 Å². The number of fused-ring (bicyclic) bond motifs is 3. The molecule has 0 bridgehead atoms. The number of aryl methyl sites for hydroxylation is 2. The number of nitrogens with one attached hydrogen (secondary N) is 1. The molecule has 0 radical (unpaired) electrons. The molecule has 4 rings (SSSR count). The zero-order valence-corrected chi connectivity index (χ0v) is 18.3. The summed E-state index contributed by atoms with van der Waals surface area (Å²) in [6, 6.07) is 3.16. The van der Waals surface area contributed by atoms with Crippen molar-refractivity contribution in [2.45, 2.75) is 44.3 Å². The second kappa shape index (κ2) is 8.75. The van der Waals surface area contributed by atoms with Crippen LogP contribution >= 0.6 is 23.1 Å². The van der Waals surface area contributed by atoms with Crippen molar-refractivity contribution in [1.29, 1.82) is 0 Å². The first-order valence-corrected chi connectivity index (χ1v) is 11.6. The first-order valence-electron chi connectivity index (χ1n) is 9.80. The number of hydrogen-bond donors (Lipinski definition) is 1. The molecule has 0 aliphatic heterocycles. The lowest BCUT2D eigenvalue weighted by atomic mass is 9.97. The SMILES string of the molecule is CCn1c(SCC(=O)Nc2ccc(F)c([N+](=O)[O-])c2)nc2sc3c(c2c1=O)CCCC3. The number of rotatable bonds is 6. The Hall–Kier alpha value is -2.79. The predicted molar refractivity (Wildman–Crippen MR) is 119 cm³/mol. The second-order valence-corrected chi connectivity index (χ2v) is 9.12. The van der Waals surface area contributed by atoms with Crippen LogP contribution < -0.4 is 10.9 Å². The molecule has 3 aromatic rings. The van der Waals surface area contributed by atoms with E-state index >= 15 is 0 Å². The van der Waals surface area contributed by atoms with E-state index in [0.717, 1.165) is 55.1 Å². The van der Waals surface area contributed by atoms with Gasteiger partial charge >= 0.3 is 5.69 Å². The predicted octanol–water partition coefficient (Wildman–Crippen LogP) is 4.13. The third kappa shape index (κ3) is 4.19. The molecular weight excluding hydrogens is 443 g/mol. The van der Waals surface area contributed by atoms with Crippen LogP contribution in [0, 0.1) is 15.9 Å². The molecule has 11 heteroatoms. The number of carbonyl (C=O) groups excluding carboxylic acids is 1. The van der Waals surface area contributed by atoms with Gasteiger partial charge in [0.2, 0.25) is 11.7 Å². The molecule has 0 fully saturated rings. The molecule has 2 aromatic heterocycles. The average Bonchev–Trinajstić information content (AvgIpc) is 3.12. The Bertz CT molecular complexity index is 1250. The summed E-state index contributed by atoms with van der Waals surface area (Å²) in [6.45, 7) is 2.29. The van der Waals surface area contributed by atoms with Gasteiger partial charge < -0.3 is 5.32 Å². The van der Waals surface area contributed by atoms with Crippen molar-refractivity contribution in [2.24, 2.45) is 0 Å². The van der Waals surface area contributed by atoms with E-state index in [0.29, 0.717) is 21.9 Å². The van der Waals surface area contributed by atoms with Crippen molar-refractivity contribution in [1.82, 2.24) is 9.55 Å². The summed E-state index contributed by atoms with van der Waals surface area (Å²) >= 11 is 2.68. The molecular formula is C20H19FN4O4S2. The van der Waals surface area contributed by atoms with Gasteiger partial charge in [-0.25, -0.2) is 4.98 Å². The van der Waals surface area contributed by atoms with Crippen molar-refractivity contribution in [3.63, 3.8) is 0 Å². The number of thiophene rings is 1. The lowest BCUT2D eigenvalue weighted by Gasteiger charge is -2.12. The number of halogens is 1. The number of benzene rings is 1. The summed E-state index contributed by atoms with van der Waals surface area (Å²) in [4.78, 5) is 42.1.